The Morgan fingerprint density at radius 2 is 1.71 bits per heavy atom. The van der Waals surface area contributed by atoms with Crippen molar-refractivity contribution in [1.29, 1.82) is 0 Å². The van der Waals surface area contributed by atoms with Crippen LogP contribution < -0.4 is 20.2 Å². The van der Waals surface area contributed by atoms with Crippen molar-refractivity contribution in [3.63, 3.8) is 0 Å². The summed E-state index contributed by atoms with van der Waals surface area (Å²) in [5, 5.41) is 9.40. The molecule has 0 bridgehead atoms. The van der Waals surface area contributed by atoms with E-state index in [1.807, 2.05) is 36.6 Å². The van der Waals surface area contributed by atoms with Gasteiger partial charge in [0.15, 0.2) is 0 Å². The summed E-state index contributed by atoms with van der Waals surface area (Å²) in [6, 6.07) is 16.3. The number of hydrogen-bond acceptors (Lipinski definition) is 9. The van der Waals surface area contributed by atoms with Gasteiger partial charge < -0.3 is 5.32 Å². The van der Waals surface area contributed by atoms with Gasteiger partial charge in [0.2, 0.25) is 27.7 Å². The van der Waals surface area contributed by atoms with Crippen LogP contribution in [0.1, 0.15) is 21.2 Å². The minimum atomic E-state index is -3.88. The molecule has 6 rings (SSSR count). The first-order valence-electron chi connectivity index (χ1n) is 12.3. The summed E-state index contributed by atoms with van der Waals surface area (Å²) in [6.07, 6.45) is 0. The highest BCUT2D eigenvalue weighted by molar-refractivity contribution is 8.00. The zero-order chi connectivity index (χ0) is 29.1. The number of aryl methyl sites for hydroxylation is 1. The number of amides is 3. The lowest BCUT2D eigenvalue weighted by Crippen LogP contribution is -2.32. The van der Waals surface area contributed by atoms with Gasteiger partial charge >= 0.3 is 4.87 Å². The van der Waals surface area contributed by atoms with Gasteiger partial charge in [-0.2, -0.15) is 0 Å². The molecule has 0 unspecified atom stereocenters. The molecule has 210 valence electrons. The fourth-order valence-corrected chi connectivity index (χ4v) is 9.29. The van der Waals surface area contributed by atoms with Gasteiger partial charge in [0.1, 0.15) is 11.8 Å². The van der Waals surface area contributed by atoms with E-state index in [9.17, 15) is 27.6 Å². The van der Waals surface area contributed by atoms with Crippen molar-refractivity contribution < 1.29 is 22.8 Å². The van der Waals surface area contributed by atoms with Gasteiger partial charge in [-0.15, -0.1) is 11.3 Å². The number of thiophene rings is 1. The van der Waals surface area contributed by atoms with Crippen LogP contribution in [-0.2, 0) is 31.0 Å². The van der Waals surface area contributed by atoms with Crippen LogP contribution in [0.5, 0.6) is 0 Å². The number of carbonyl (C=O) groups is 3. The van der Waals surface area contributed by atoms with Crippen molar-refractivity contribution in [2.75, 3.05) is 10.2 Å². The van der Waals surface area contributed by atoms with E-state index in [0.29, 0.717) is 21.3 Å². The lowest BCUT2D eigenvalue weighted by Gasteiger charge is -2.29. The van der Waals surface area contributed by atoms with Crippen LogP contribution in [0.2, 0.25) is 0 Å². The molecule has 0 spiro atoms. The highest BCUT2D eigenvalue weighted by Gasteiger charge is 2.57. The number of thiazole rings is 1. The van der Waals surface area contributed by atoms with Crippen LogP contribution in [0.4, 0.5) is 11.4 Å². The number of carbonyl (C=O) groups excluding carboxylic acids is 3. The Balaban J connectivity index is 1.33. The van der Waals surface area contributed by atoms with Gasteiger partial charge in [-0.1, -0.05) is 46.9 Å². The molecule has 3 atom stereocenters. The lowest BCUT2D eigenvalue weighted by molar-refractivity contribution is -0.122. The molecule has 2 aliphatic heterocycles. The third kappa shape index (κ3) is 4.95. The fourth-order valence-electron chi connectivity index (χ4n) is 5.05. The molecule has 10 nitrogen and oxygen atoms in total. The van der Waals surface area contributed by atoms with Crippen LogP contribution in [0.15, 0.2) is 80.8 Å². The molecular weight excluding hydrogens is 605 g/mol. The number of anilines is 2. The van der Waals surface area contributed by atoms with E-state index in [-0.39, 0.29) is 28.1 Å². The topological polar surface area (TPSA) is 149 Å². The number of imide groups is 1. The van der Waals surface area contributed by atoms with Crippen molar-refractivity contribution in [1.82, 2.24) is 4.57 Å². The van der Waals surface area contributed by atoms with E-state index in [1.54, 1.807) is 12.1 Å². The molecule has 2 aliphatic rings. The molecule has 4 heterocycles. The minimum Gasteiger partial charge on any atom is -0.325 e. The minimum absolute atomic E-state index is 0.0975. The number of sulfonamides is 1. The van der Waals surface area contributed by atoms with Crippen LogP contribution in [0.25, 0.3) is 0 Å². The molecule has 2 aromatic heterocycles. The standard InChI is InChI=1S/C27H22N4O6S4/c1-14-4-8-16(9-5-14)31-24(33)21-20(18-3-2-12-38-18)23-26(39-22(21)25(31)34)30(27(35)40-23)13-19(32)29-15-6-10-17(11-7-15)41(28,36)37/h2-12,20-22H,13H2,1H3,(H,29,32)(H2,28,36,37)/t20-,21-,22+/m0/s1. The maximum absolute atomic E-state index is 13.8. The van der Waals surface area contributed by atoms with Crippen molar-refractivity contribution in [2.45, 2.75) is 34.6 Å². The summed E-state index contributed by atoms with van der Waals surface area (Å²) >= 11 is 3.58. The lowest BCUT2D eigenvalue weighted by atomic mass is 9.87. The summed E-state index contributed by atoms with van der Waals surface area (Å²) in [7, 11) is -3.88. The van der Waals surface area contributed by atoms with Crippen molar-refractivity contribution in [3.05, 3.63) is 91.0 Å². The first kappa shape index (κ1) is 27.6. The Kier molecular flexibility index (Phi) is 6.98. The van der Waals surface area contributed by atoms with E-state index in [0.717, 1.165) is 33.5 Å². The number of nitrogens with zero attached hydrogens (tertiary/aromatic N) is 2. The predicted molar refractivity (Wildman–Crippen MR) is 158 cm³/mol. The summed E-state index contributed by atoms with van der Waals surface area (Å²) < 4.78 is 24.3. The van der Waals surface area contributed by atoms with Gasteiger partial charge in [0, 0.05) is 21.4 Å². The van der Waals surface area contributed by atoms with Crippen molar-refractivity contribution in [3.8, 4) is 0 Å². The summed E-state index contributed by atoms with van der Waals surface area (Å²) in [5.41, 5.74) is 1.83. The van der Waals surface area contributed by atoms with Gasteiger partial charge in [-0.05, 0) is 54.8 Å². The van der Waals surface area contributed by atoms with E-state index >= 15 is 0 Å². The molecule has 0 radical (unpaired) electrons. The molecule has 1 fully saturated rings. The SMILES string of the molecule is Cc1ccc(N2C(=O)[C@H]3[C@H](c4cccs4)c4sc(=O)n(CC(=O)Nc5ccc(S(N)(=O)=O)cc5)c4S[C@H]3C2=O)cc1. The van der Waals surface area contributed by atoms with E-state index < -0.39 is 33.0 Å². The Bertz CT molecular complexity index is 1840. The van der Waals surface area contributed by atoms with Crippen molar-refractivity contribution >= 4 is 73.6 Å². The third-order valence-electron chi connectivity index (χ3n) is 6.96. The third-order valence-corrected chi connectivity index (χ3v) is 11.4. The van der Waals surface area contributed by atoms with Crippen LogP contribution in [-0.4, -0.2) is 36.0 Å². The van der Waals surface area contributed by atoms with E-state index in [2.05, 4.69) is 5.32 Å². The second-order valence-corrected chi connectivity index (χ2v) is 14.3. The quantitative estimate of drug-likeness (QED) is 0.312. The summed E-state index contributed by atoms with van der Waals surface area (Å²) in [5.74, 6) is -2.38. The zero-order valence-electron chi connectivity index (χ0n) is 21.3. The summed E-state index contributed by atoms with van der Waals surface area (Å²) in [6.45, 7) is 1.60. The first-order chi connectivity index (χ1) is 19.5. The maximum Gasteiger partial charge on any atom is 0.308 e. The Morgan fingerprint density at radius 3 is 2.34 bits per heavy atom. The number of rotatable bonds is 6. The largest absolute Gasteiger partial charge is 0.325 e. The number of nitrogens with one attached hydrogen (secondary N) is 1. The Morgan fingerprint density at radius 1 is 1.00 bits per heavy atom. The Labute approximate surface area is 246 Å². The monoisotopic (exact) mass is 626 g/mol. The van der Waals surface area contributed by atoms with Crippen LogP contribution >= 0.6 is 34.4 Å². The maximum atomic E-state index is 13.8. The molecule has 2 aromatic carbocycles. The number of benzene rings is 2. The number of aromatic nitrogens is 1. The average molecular weight is 627 g/mol. The molecule has 3 amide bonds. The number of nitrogens with two attached hydrogens (primary N) is 1. The van der Waals surface area contributed by atoms with Gasteiger partial charge in [-0.3, -0.25) is 23.7 Å². The van der Waals surface area contributed by atoms with Gasteiger partial charge in [0.05, 0.1) is 21.5 Å². The predicted octanol–water partition coefficient (Wildman–Crippen LogP) is 3.36. The number of fused-ring (bicyclic) bond motifs is 2. The van der Waals surface area contributed by atoms with Gasteiger partial charge in [0.25, 0.3) is 0 Å². The highest BCUT2D eigenvalue weighted by atomic mass is 32.2. The summed E-state index contributed by atoms with van der Waals surface area (Å²) in [4.78, 5) is 56.0. The number of primary sulfonamides is 1. The molecule has 0 saturated carbocycles. The fraction of sp³-hybridized carbons (Fsp3) is 0.185. The molecule has 14 heteroatoms. The average Bonchev–Trinajstić information content (AvgIpc) is 3.62. The molecular formula is C27H22N4O6S4. The normalized spacial score (nSPS) is 20.1. The van der Waals surface area contributed by atoms with E-state index in [1.165, 1.54) is 45.1 Å². The second kappa shape index (κ2) is 10.4. The highest BCUT2D eigenvalue weighted by Crippen LogP contribution is 2.54. The molecule has 0 aliphatic carbocycles. The number of hydrogen-bond donors (Lipinski definition) is 2. The number of thioether (sulfide) groups is 1. The van der Waals surface area contributed by atoms with Crippen LogP contribution in [0.3, 0.4) is 0 Å². The first-order valence-corrected chi connectivity index (χ1v) is 16.5. The van der Waals surface area contributed by atoms with Crippen LogP contribution in [0, 0.1) is 12.8 Å². The molecule has 3 N–H and O–H groups in total. The van der Waals surface area contributed by atoms with E-state index in [4.69, 9.17) is 5.14 Å². The van der Waals surface area contributed by atoms with Crippen molar-refractivity contribution in [2.24, 2.45) is 11.1 Å². The zero-order valence-corrected chi connectivity index (χ0v) is 24.6. The molecule has 1 saturated heterocycles. The molecule has 41 heavy (non-hydrogen) atoms. The Hall–Kier alpha value is -3.56. The second-order valence-electron chi connectivity index (χ2n) is 9.65. The smallest absolute Gasteiger partial charge is 0.308 e. The molecule has 4 aromatic rings. The van der Waals surface area contributed by atoms with Gasteiger partial charge in [-0.25, -0.2) is 18.5 Å².